The Hall–Kier alpha value is -1.10. The van der Waals surface area contributed by atoms with Crippen molar-refractivity contribution in [3.63, 3.8) is 0 Å². The molecule has 0 spiro atoms. The van der Waals surface area contributed by atoms with Gasteiger partial charge in [0.15, 0.2) is 0 Å². The number of amides is 1. The van der Waals surface area contributed by atoms with Gasteiger partial charge in [0.2, 0.25) is 5.91 Å². The fourth-order valence-electron chi connectivity index (χ4n) is 3.84. The Morgan fingerprint density at radius 1 is 0.700 bits per heavy atom. The van der Waals surface area contributed by atoms with Gasteiger partial charge in [-0.15, -0.1) is 0 Å². The van der Waals surface area contributed by atoms with Crippen LogP contribution in [0.3, 0.4) is 0 Å². The number of hydrogen-bond donors (Lipinski definition) is 2. The van der Waals surface area contributed by atoms with Crippen molar-refractivity contribution in [2.75, 3.05) is 6.54 Å². The number of nitrogens with two attached hydrogens (primary N) is 1. The summed E-state index contributed by atoms with van der Waals surface area (Å²) < 4.78 is 0. The molecule has 0 aliphatic heterocycles. The van der Waals surface area contributed by atoms with Gasteiger partial charge in [-0.3, -0.25) is 4.79 Å². The highest BCUT2D eigenvalue weighted by Crippen LogP contribution is 2.14. The van der Waals surface area contributed by atoms with Crippen molar-refractivity contribution in [2.24, 2.45) is 5.73 Å². The highest BCUT2D eigenvalue weighted by molar-refractivity contribution is 5.82. The number of nitrogens with one attached hydrogen (secondary N) is 1. The summed E-state index contributed by atoms with van der Waals surface area (Å²) in [6.07, 6.45) is 22.4. The first-order chi connectivity index (χ1) is 14.6. The maximum absolute atomic E-state index is 11.9. The van der Waals surface area contributed by atoms with Crippen LogP contribution in [0, 0.1) is 0 Å². The molecule has 1 atom stereocenters. The van der Waals surface area contributed by atoms with Gasteiger partial charge in [-0.25, -0.2) is 0 Å². The van der Waals surface area contributed by atoms with Gasteiger partial charge in [0, 0.05) is 6.42 Å². The van der Waals surface area contributed by atoms with Crippen LogP contribution in [0.1, 0.15) is 135 Å². The first-order valence-corrected chi connectivity index (χ1v) is 12.8. The molecule has 178 valence electrons. The summed E-state index contributed by atoms with van der Waals surface area (Å²) in [5.41, 5.74) is 5.44. The van der Waals surface area contributed by atoms with Gasteiger partial charge >= 0.3 is 0 Å². The molecular formula is C25H49N2O3-. The summed E-state index contributed by atoms with van der Waals surface area (Å²) in [5.74, 6) is -1.34. The summed E-state index contributed by atoms with van der Waals surface area (Å²) >= 11 is 0. The van der Waals surface area contributed by atoms with E-state index in [0.717, 1.165) is 44.9 Å². The Morgan fingerprint density at radius 3 is 1.60 bits per heavy atom. The molecule has 3 N–H and O–H groups in total. The van der Waals surface area contributed by atoms with Gasteiger partial charge in [-0.2, -0.15) is 0 Å². The second-order valence-electron chi connectivity index (χ2n) is 8.78. The highest BCUT2D eigenvalue weighted by Gasteiger charge is 2.12. The van der Waals surface area contributed by atoms with E-state index in [2.05, 4.69) is 12.2 Å². The Labute approximate surface area is 186 Å². The third kappa shape index (κ3) is 20.2. The van der Waals surface area contributed by atoms with Crippen molar-refractivity contribution in [1.29, 1.82) is 0 Å². The van der Waals surface area contributed by atoms with Crippen LogP contribution >= 0.6 is 0 Å². The molecule has 0 radical (unpaired) electrons. The van der Waals surface area contributed by atoms with E-state index in [1.165, 1.54) is 70.6 Å². The lowest BCUT2D eigenvalue weighted by atomic mass is 10.0. The molecule has 0 heterocycles. The lowest BCUT2D eigenvalue weighted by molar-refractivity contribution is -0.308. The van der Waals surface area contributed by atoms with Gasteiger partial charge in [0.05, 0.1) is 12.0 Å². The van der Waals surface area contributed by atoms with Crippen molar-refractivity contribution < 1.29 is 14.7 Å². The monoisotopic (exact) mass is 425 g/mol. The van der Waals surface area contributed by atoms with Crippen LogP contribution < -0.4 is 16.2 Å². The van der Waals surface area contributed by atoms with Crippen LogP contribution in [0.2, 0.25) is 0 Å². The summed E-state index contributed by atoms with van der Waals surface area (Å²) in [4.78, 5) is 23.2. The summed E-state index contributed by atoms with van der Waals surface area (Å²) in [6, 6.07) is -0.848. The molecule has 0 fully saturated rings. The van der Waals surface area contributed by atoms with E-state index in [9.17, 15) is 14.7 Å². The average Bonchev–Trinajstić information content (AvgIpc) is 2.72. The normalized spacial score (nSPS) is 12.1. The first-order valence-electron chi connectivity index (χ1n) is 12.8. The van der Waals surface area contributed by atoms with E-state index in [0.29, 0.717) is 19.4 Å². The molecule has 30 heavy (non-hydrogen) atoms. The molecule has 5 heteroatoms. The first kappa shape index (κ1) is 28.9. The van der Waals surface area contributed by atoms with Gasteiger partial charge in [0.25, 0.3) is 0 Å². The lowest BCUT2D eigenvalue weighted by Gasteiger charge is -2.19. The molecule has 0 rings (SSSR count). The van der Waals surface area contributed by atoms with E-state index in [-0.39, 0.29) is 5.91 Å². The topological polar surface area (TPSA) is 95.2 Å². The largest absolute Gasteiger partial charge is 0.548 e. The number of carboxylic acids is 1. The van der Waals surface area contributed by atoms with Crippen LogP contribution in [-0.2, 0) is 9.59 Å². The maximum atomic E-state index is 11.9. The number of aliphatic carboxylic acids is 1. The molecule has 0 bridgehead atoms. The Kier molecular flexibility index (Phi) is 21.8. The minimum absolute atomic E-state index is 0.178. The number of hydrogen-bond acceptors (Lipinski definition) is 4. The number of carboxylic acid groups (broad SMARTS) is 1. The number of carbonyl (C=O) groups is 2. The van der Waals surface area contributed by atoms with Gasteiger partial charge in [-0.1, -0.05) is 110 Å². The number of rotatable bonds is 23. The molecule has 1 amide bonds. The van der Waals surface area contributed by atoms with Crippen molar-refractivity contribution in [3.8, 4) is 0 Å². The second-order valence-corrected chi connectivity index (χ2v) is 8.78. The van der Waals surface area contributed by atoms with Crippen LogP contribution in [0.25, 0.3) is 0 Å². The predicted molar refractivity (Wildman–Crippen MR) is 124 cm³/mol. The zero-order chi connectivity index (χ0) is 22.3. The Morgan fingerprint density at radius 2 is 1.13 bits per heavy atom. The number of carbonyl (C=O) groups excluding carboxylic acids is 2. The van der Waals surface area contributed by atoms with Crippen LogP contribution in [0.4, 0.5) is 0 Å². The minimum Gasteiger partial charge on any atom is -0.548 e. The summed E-state index contributed by atoms with van der Waals surface area (Å²) in [6.45, 7) is 2.94. The highest BCUT2D eigenvalue weighted by atomic mass is 16.4. The molecule has 0 aliphatic rings. The third-order valence-corrected chi connectivity index (χ3v) is 5.82. The quantitative estimate of drug-likeness (QED) is 0.225. The van der Waals surface area contributed by atoms with Crippen molar-refractivity contribution in [1.82, 2.24) is 5.32 Å². The third-order valence-electron chi connectivity index (χ3n) is 5.82. The van der Waals surface area contributed by atoms with E-state index in [4.69, 9.17) is 5.73 Å². The predicted octanol–water partition coefficient (Wildman–Crippen LogP) is 5.00. The maximum Gasteiger partial charge on any atom is 0.220 e. The van der Waals surface area contributed by atoms with Crippen molar-refractivity contribution in [3.05, 3.63) is 0 Å². The molecule has 0 saturated heterocycles. The fraction of sp³-hybridized carbons (Fsp3) is 0.920. The van der Waals surface area contributed by atoms with Gasteiger partial charge < -0.3 is 21.0 Å². The van der Waals surface area contributed by atoms with Crippen LogP contribution in [0.5, 0.6) is 0 Å². The molecule has 0 aromatic heterocycles. The van der Waals surface area contributed by atoms with E-state index >= 15 is 0 Å². The minimum atomic E-state index is -1.17. The molecular weight excluding hydrogens is 376 g/mol. The van der Waals surface area contributed by atoms with Gasteiger partial charge in [-0.05, 0) is 25.8 Å². The Balaban J connectivity index is 3.55. The van der Waals surface area contributed by atoms with Crippen molar-refractivity contribution in [2.45, 2.75) is 141 Å². The zero-order valence-electron chi connectivity index (χ0n) is 19.7. The smallest absolute Gasteiger partial charge is 0.220 e. The molecule has 0 aromatic rings. The molecule has 0 aromatic carbocycles. The molecule has 0 aliphatic carbocycles. The van der Waals surface area contributed by atoms with Crippen LogP contribution in [0.15, 0.2) is 0 Å². The standard InChI is InChI=1S/C25H50N2O3/c1-2-3-4-5-6-7-8-9-10-11-12-13-14-17-20-23(25(29)30)27-24(28)21-18-15-16-19-22-26/h23H,2-22,26H2,1H3,(H,27,28)(H,29,30)/p-1. The van der Waals surface area contributed by atoms with E-state index in [1.54, 1.807) is 0 Å². The number of unbranched alkanes of at least 4 members (excludes halogenated alkanes) is 16. The van der Waals surface area contributed by atoms with Crippen molar-refractivity contribution >= 4 is 11.9 Å². The lowest BCUT2D eigenvalue weighted by Crippen LogP contribution is -2.47. The Bertz CT molecular complexity index is 402. The second kappa shape index (κ2) is 22.6. The average molecular weight is 426 g/mol. The van der Waals surface area contributed by atoms with E-state index in [1.807, 2.05) is 0 Å². The van der Waals surface area contributed by atoms with Gasteiger partial charge in [0.1, 0.15) is 0 Å². The molecule has 0 saturated carbocycles. The zero-order valence-corrected chi connectivity index (χ0v) is 19.7. The molecule has 1 unspecified atom stereocenters. The summed E-state index contributed by atoms with van der Waals surface area (Å²) in [7, 11) is 0. The van der Waals surface area contributed by atoms with E-state index < -0.39 is 12.0 Å². The van der Waals surface area contributed by atoms with Crippen LogP contribution in [-0.4, -0.2) is 24.5 Å². The fourth-order valence-corrected chi connectivity index (χ4v) is 3.84. The SMILES string of the molecule is CCCCCCCCCCCCCCCCC(NC(=O)CCCCCCN)C(=O)[O-]. The molecule has 5 nitrogen and oxygen atoms in total. The summed E-state index contributed by atoms with van der Waals surface area (Å²) in [5, 5.41) is 13.9.